The van der Waals surface area contributed by atoms with Gasteiger partial charge in [-0.05, 0) is 27.7 Å². The lowest BCUT2D eigenvalue weighted by Gasteiger charge is -2.16. The summed E-state index contributed by atoms with van der Waals surface area (Å²) in [5.41, 5.74) is 2.07. The van der Waals surface area contributed by atoms with E-state index in [1.165, 1.54) is 5.57 Å². The van der Waals surface area contributed by atoms with Crippen LogP contribution < -0.4 is 0 Å². The summed E-state index contributed by atoms with van der Waals surface area (Å²) in [6.07, 6.45) is 5.00. The van der Waals surface area contributed by atoms with Gasteiger partial charge in [0, 0.05) is 6.42 Å². The molecule has 0 aromatic carbocycles. The number of allylic oxidation sites excluding steroid dienone is 5. The maximum atomic E-state index is 9.66. The smallest absolute Gasteiger partial charge is 0.0986 e. The van der Waals surface area contributed by atoms with Crippen LogP contribution in [-0.2, 0) is 0 Å². The molecular weight excluding hydrogens is 216 g/mol. The molecule has 0 aliphatic rings. The van der Waals surface area contributed by atoms with Gasteiger partial charge in [-0.1, -0.05) is 35.5 Å². The maximum absolute atomic E-state index is 9.66. The maximum Gasteiger partial charge on any atom is 0.0986 e. The molecule has 0 rings (SSSR count). The van der Waals surface area contributed by atoms with Crippen molar-refractivity contribution in [1.82, 2.24) is 0 Å². The van der Waals surface area contributed by atoms with Crippen LogP contribution in [-0.4, -0.2) is 33.6 Å². The van der Waals surface area contributed by atoms with Crippen LogP contribution in [0.4, 0.5) is 0 Å². The van der Waals surface area contributed by atoms with Crippen molar-refractivity contribution in [2.24, 2.45) is 0 Å². The van der Waals surface area contributed by atoms with Crippen LogP contribution in [0, 0.1) is 0 Å². The quantitative estimate of drug-likeness (QED) is 0.622. The van der Waals surface area contributed by atoms with Crippen LogP contribution in [0.1, 0.15) is 34.1 Å². The molecule has 0 fully saturated rings. The molecule has 0 aromatic rings. The third-order valence-electron chi connectivity index (χ3n) is 2.20. The van der Waals surface area contributed by atoms with Crippen molar-refractivity contribution in [3.05, 3.63) is 35.5 Å². The van der Waals surface area contributed by atoms with E-state index in [2.05, 4.69) is 0 Å². The van der Waals surface area contributed by atoms with Gasteiger partial charge in [0.25, 0.3) is 0 Å². The largest absolute Gasteiger partial charge is 0.393 e. The van der Waals surface area contributed by atoms with Crippen molar-refractivity contribution in [3.63, 3.8) is 0 Å². The van der Waals surface area contributed by atoms with Crippen molar-refractivity contribution < 1.29 is 15.3 Å². The number of aliphatic hydroxyl groups is 3. The molecule has 0 amide bonds. The highest BCUT2D eigenvalue weighted by Gasteiger charge is 2.15. The summed E-state index contributed by atoms with van der Waals surface area (Å²) in [7, 11) is 0. The lowest BCUT2D eigenvalue weighted by molar-refractivity contribution is 0.0140. The van der Waals surface area contributed by atoms with Crippen LogP contribution in [0.25, 0.3) is 0 Å². The molecule has 3 N–H and O–H groups in total. The lowest BCUT2D eigenvalue weighted by atomic mass is 10.0. The molecular formula is C14H24O3. The predicted molar refractivity (Wildman–Crippen MR) is 70.6 cm³/mol. The molecule has 3 nitrogen and oxygen atoms in total. The molecule has 3 unspecified atom stereocenters. The van der Waals surface area contributed by atoms with Crippen LogP contribution in [0.2, 0.25) is 0 Å². The average Bonchev–Trinajstić information content (AvgIpc) is 2.15. The second-order valence-corrected chi connectivity index (χ2v) is 4.66. The molecule has 0 spiro atoms. The number of rotatable bonds is 6. The van der Waals surface area contributed by atoms with Gasteiger partial charge in [0.2, 0.25) is 0 Å². The Bertz CT molecular complexity index is 297. The van der Waals surface area contributed by atoms with Crippen LogP contribution in [0.5, 0.6) is 0 Å². The van der Waals surface area contributed by atoms with Crippen molar-refractivity contribution in [2.45, 2.75) is 52.4 Å². The van der Waals surface area contributed by atoms with Gasteiger partial charge < -0.3 is 15.3 Å². The van der Waals surface area contributed by atoms with Crippen molar-refractivity contribution in [1.29, 1.82) is 0 Å². The first-order valence-corrected chi connectivity index (χ1v) is 5.87. The van der Waals surface area contributed by atoms with Gasteiger partial charge in [0.1, 0.15) is 0 Å². The topological polar surface area (TPSA) is 60.7 Å². The fraction of sp³-hybridized carbons (Fsp3) is 0.571. The zero-order valence-corrected chi connectivity index (χ0v) is 11.1. The highest BCUT2D eigenvalue weighted by molar-refractivity contribution is 5.22. The van der Waals surface area contributed by atoms with E-state index in [0.29, 0.717) is 0 Å². The summed E-state index contributed by atoms with van der Waals surface area (Å²) in [5, 5.41) is 28.3. The van der Waals surface area contributed by atoms with E-state index in [9.17, 15) is 10.2 Å². The third-order valence-corrected chi connectivity index (χ3v) is 2.20. The Labute approximate surface area is 104 Å². The first-order chi connectivity index (χ1) is 7.82. The molecule has 0 aliphatic carbocycles. The van der Waals surface area contributed by atoms with E-state index in [-0.39, 0.29) is 6.42 Å². The Morgan fingerprint density at radius 3 is 2.18 bits per heavy atom. The van der Waals surface area contributed by atoms with Gasteiger partial charge in [0.05, 0.1) is 18.3 Å². The molecule has 3 atom stereocenters. The monoisotopic (exact) mass is 240 g/mol. The second kappa shape index (κ2) is 8.23. The molecule has 17 heavy (non-hydrogen) atoms. The Balaban J connectivity index is 4.36. The summed E-state index contributed by atoms with van der Waals surface area (Å²) >= 11 is 0. The average molecular weight is 240 g/mol. The highest BCUT2D eigenvalue weighted by Crippen LogP contribution is 2.07. The number of hydrogen-bond acceptors (Lipinski definition) is 3. The predicted octanol–water partition coefficient (Wildman–Crippen LogP) is 1.95. The summed E-state index contributed by atoms with van der Waals surface area (Å²) < 4.78 is 0. The van der Waals surface area contributed by atoms with Crippen LogP contribution in [0.15, 0.2) is 35.5 Å². The van der Waals surface area contributed by atoms with Crippen LogP contribution >= 0.6 is 0 Å². The van der Waals surface area contributed by atoms with E-state index in [1.807, 2.05) is 39.0 Å². The molecule has 0 aromatic heterocycles. The number of aliphatic hydroxyl groups excluding tert-OH is 3. The van der Waals surface area contributed by atoms with E-state index < -0.39 is 18.3 Å². The zero-order valence-electron chi connectivity index (χ0n) is 11.1. The highest BCUT2D eigenvalue weighted by atomic mass is 16.3. The molecule has 0 radical (unpaired) electrons. The summed E-state index contributed by atoms with van der Waals surface area (Å²) in [4.78, 5) is 0. The molecule has 3 heteroatoms. The van der Waals surface area contributed by atoms with Crippen molar-refractivity contribution in [2.75, 3.05) is 0 Å². The van der Waals surface area contributed by atoms with Gasteiger partial charge >= 0.3 is 0 Å². The van der Waals surface area contributed by atoms with E-state index >= 15 is 0 Å². The fourth-order valence-electron chi connectivity index (χ4n) is 1.32. The Kier molecular flexibility index (Phi) is 7.79. The molecule has 0 saturated carbocycles. The SMILES string of the molecule is CC(C)=C/C=C/C(C)=C/C(O)C(O)CC(C)O. The standard InChI is InChI=1S/C14H24O3/c1-10(2)6-5-7-11(3)8-13(16)14(17)9-12(4)15/h5-8,12-17H,9H2,1-4H3/b7-5+,11-8+. The molecule has 0 bridgehead atoms. The van der Waals surface area contributed by atoms with Gasteiger partial charge in [-0.25, -0.2) is 0 Å². The molecule has 0 heterocycles. The van der Waals surface area contributed by atoms with E-state index in [4.69, 9.17) is 5.11 Å². The Morgan fingerprint density at radius 2 is 1.71 bits per heavy atom. The van der Waals surface area contributed by atoms with Gasteiger partial charge in [-0.2, -0.15) is 0 Å². The fourth-order valence-corrected chi connectivity index (χ4v) is 1.32. The van der Waals surface area contributed by atoms with Gasteiger partial charge in [0.15, 0.2) is 0 Å². The Morgan fingerprint density at radius 1 is 1.12 bits per heavy atom. The summed E-state index contributed by atoms with van der Waals surface area (Å²) in [6.45, 7) is 7.45. The minimum atomic E-state index is -0.944. The van der Waals surface area contributed by atoms with Crippen molar-refractivity contribution in [3.8, 4) is 0 Å². The lowest BCUT2D eigenvalue weighted by Crippen LogP contribution is -2.27. The van der Waals surface area contributed by atoms with E-state index in [1.54, 1.807) is 13.0 Å². The van der Waals surface area contributed by atoms with Gasteiger partial charge in [-0.15, -0.1) is 0 Å². The zero-order chi connectivity index (χ0) is 13.4. The third kappa shape index (κ3) is 8.86. The van der Waals surface area contributed by atoms with Crippen molar-refractivity contribution >= 4 is 0 Å². The Hall–Kier alpha value is -0.900. The minimum absolute atomic E-state index is 0.169. The molecule has 0 aliphatic heterocycles. The summed E-state index contributed by atoms with van der Waals surface area (Å²) in [5.74, 6) is 0. The second-order valence-electron chi connectivity index (χ2n) is 4.66. The van der Waals surface area contributed by atoms with Crippen LogP contribution in [0.3, 0.4) is 0 Å². The first-order valence-electron chi connectivity index (χ1n) is 5.87. The minimum Gasteiger partial charge on any atom is -0.393 e. The van der Waals surface area contributed by atoms with Gasteiger partial charge in [-0.3, -0.25) is 0 Å². The summed E-state index contributed by atoms with van der Waals surface area (Å²) in [6, 6.07) is 0. The van der Waals surface area contributed by atoms with E-state index in [0.717, 1.165) is 5.57 Å². The first kappa shape index (κ1) is 16.1. The normalized spacial score (nSPS) is 17.9. The molecule has 0 saturated heterocycles. The number of hydrogen-bond donors (Lipinski definition) is 3. The molecule has 98 valence electrons.